The Hall–Kier alpha value is -2.66. The number of aromatic nitrogens is 2. The lowest BCUT2D eigenvalue weighted by molar-refractivity contribution is 0.0941. The van der Waals surface area contributed by atoms with Crippen LogP contribution >= 0.6 is 15.9 Å². The van der Waals surface area contributed by atoms with E-state index in [0.29, 0.717) is 5.56 Å². The van der Waals surface area contributed by atoms with Crippen LogP contribution in [-0.4, -0.2) is 27.1 Å². The maximum Gasteiger partial charge on any atom is 0.227 e. The van der Waals surface area contributed by atoms with E-state index < -0.39 is 0 Å². The van der Waals surface area contributed by atoms with Gasteiger partial charge in [0.15, 0.2) is 6.29 Å². The number of aldehydes is 1. The van der Waals surface area contributed by atoms with Crippen LogP contribution in [0, 0.1) is 0 Å². The van der Waals surface area contributed by atoms with Crippen molar-refractivity contribution in [3.63, 3.8) is 0 Å². The number of alkyl halides is 1. The van der Waals surface area contributed by atoms with Crippen molar-refractivity contribution >= 4 is 49.9 Å². The number of halogens is 1. The van der Waals surface area contributed by atoms with E-state index in [4.69, 9.17) is 0 Å². The number of carbonyl (C=O) groups is 2. The quantitative estimate of drug-likeness (QED) is 0.371. The van der Waals surface area contributed by atoms with Crippen molar-refractivity contribution in [3.05, 3.63) is 72.1 Å². The standard InChI is InChI=1S/C11H9NO2.C10H10BrN/c1-8(14)12-6-9(7-13)10-4-2-3-5-11(10)12;11-6-5-8-7-12-10-4-2-1-3-9(8)10/h2-7H,1H3;1-4,7,12H,5-6H2. The molecule has 0 unspecified atom stereocenters. The van der Waals surface area contributed by atoms with E-state index in [1.807, 2.05) is 24.3 Å². The molecule has 0 aliphatic heterocycles. The summed E-state index contributed by atoms with van der Waals surface area (Å²) >= 11 is 3.44. The predicted octanol–water partition coefficient (Wildman–Crippen LogP) is 5.22. The SMILES string of the molecule is BrCCc1c[nH]c2ccccc12.CC(=O)n1cc(C=O)c2ccccc21. The van der Waals surface area contributed by atoms with Crippen LogP contribution < -0.4 is 0 Å². The molecule has 2 aromatic carbocycles. The highest BCUT2D eigenvalue weighted by Gasteiger charge is 2.08. The van der Waals surface area contributed by atoms with E-state index in [9.17, 15) is 9.59 Å². The zero-order chi connectivity index (χ0) is 18.5. The third-order valence-corrected chi connectivity index (χ3v) is 4.64. The molecule has 0 saturated carbocycles. The van der Waals surface area contributed by atoms with Crippen LogP contribution in [0.4, 0.5) is 0 Å². The summed E-state index contributed by atoms with van der Waals surface area (Å²) in [6.45, 7) is 1.47. The lowest BCUT2D eigenvalue weighted by atomic mass is 10.1. The molecule has 2 aromatic heterocycles. The maximum absolute atomic E-state index is 11.2. The molecule has 132 valence electrons. The van der Waals surface area contributed by atoms with Gasteiger partial charge in [0, 0.05) is 46.5 Å². The van der Waals surface area contributed by atoms with Gasteiger partial charge >= 0.3 is 0 Å². The van der Waals surface area contributed by atoms with Gasteiger partial charge in [-0.1, -0.05) is 52.3 Å². The Morgan fingerprint density at radius 2 is 1.81 bits per heavy atom. The predicted molar refractivity (Wildman–Crippen MR) is 109 cm³/mol. The number of nitrogens with zero attached hydrogens (tertiary/aromatic N) is 1. The van der Waals surface area contributed by atoms with Crippen molar-refractivity contribution in [2.24, 2.45) is 0 Å². The molecule has 26 heavy (non-hydrogen) atoms. The Kier molecular flexibility index (Phi) is 5.68. The Morgan fingerprint density at radius 3 is 2.50 bits per heavy atom. The number of H-pyrrole nitrogens is 1. The van der Waals surface area contributed by atoms with Gasteiger partial charge in [0.1, 0.15) is 0 Å². The minimum atomic E-state index is -0.0886. The third kappa shape index (κ3) is 3.63. The number of benzene rings is 2. The van der Waals surface area contributed by atoms with Gasteiger partial charge in [0.2, 0.25) is 5.91 Å². The van der Waals surface area contributed by atoms with Gasteiger partial charge in [-0.15, -0.1) is 0 Å². The van der Waals surface area contributed by atoms with Crippen LogP contribution in [0.2, 0.25) is 0 Å². The fraction of sp³-hybridized carbons (Fsp3) is 0.143. The summed E-state index contributed by atoms with van der Waals surface area (Å²) < 4.78 is 1.49. The normalized spacial score (nSPS) is 10.5. The van der Waals surface area contributed by atoms with Crippen LogP contribution in [0.25, 0.3) is 21.8 Å². The molecule has 2 heterocycles. The highest BCUT2D eigenvalue weighted by molar-refractivity contribution is 9.09. The third-order valence-electron chi connectivity index (χ3n) is 4.25. The molecule has 4 aromatic rings. The van der Waals surface area contributed by atoms with E-state index in [0.717, 1.165) is 28.9 Å². The van der Waals surface area contributed by atoms with E-state index in [-0.39, 0.29) is 5.91 Å². The molecule has 0 aliphatic rings. The fourth-order valence-corrected chi connectivity index (χ4v) is 3.43. The van der Waals surface area contributed by atoms with Gasteiger partial charge in [0.05, 0.1) is 5.52 Å². The molecule has 4 nitrogen and oxygen atoms in total. The van der Waals surface area contributed by atoms with Crippen molar-refractivity contribution in [2.75, 3.05) is 5.33 Å². The molecule has 0 bridgehead atoms. The monoisotopic (exact) mass is 410 g/mol. The van der Waals surface area contributed by atoms with Crippen molar-refractivity contribution in [3.8, 4) is 0 Å². The molecule has 4 rings (SSSR count). The van der Waals surface area contributed by atoms with Crippen LogP contribution in [0.3, 0.4) is 0 Å². The Morgan fingerprint density at radius 1 is 1.12 bits per heavy atom. The van der Waals surface area contributed by atoms with Gasteiger partial charge < -0.3 is 4.98 Å². The largest absolute Gasteiger partial charge is 0.361 e. The molecule has 0 fully saturated rings. The molecule has 0 amide bonds. The summed E-state index contributed by atoms with van der Waals surface area (Å²) in [6.07, 6.45) is 5.51. The number of rotatable bonds is 3. The lowest BCUT2D eigenvalue weighted by Gasteiger charge is -1.96. The number of para-hydroxylation sites is 2. The summed E-state index contributed by atoms with van der Waals surface area (Å²) in [5.74, 6) is -0.0886. The average Bonchev–Trinajstić information content (AvgIpc) is 3.24. The van der Waals surface area contributed by atoms with Gasteiger partial charge in [-0.05, 0) is 24.1 Å². The van der Waals surface area contributed by atoms with E-state index >= 15 is 0 Å². The first kappa shape index (κ1) is 18.1. The van der Waals surface area contributed by atoms with Gasteiger partial charge in [-0.25, -0.2) is 0 Å². The second-order valence-corrected chi connectivity index (χ2v) is 6.70. The molecule has 0 radical (unpaired) electrons. The van der Waals surface area contributed by atoms with E-state index in [1.165, 1.54) is 28.0 Å². The topological polar surface area (TPSA) is 54.9 Å². The number of hydrogen-bond donors (Lipinski definition) is 1. The zero-order valence-electron chi connectivity index (χ0n) is 14.4. The number of aryl methyl sites for hydroxylation is 1. The van der Waals surface area contributed by atoms with E-state index in [2.05, 4.69) is 51.4 Å². The van der Waals surface area contributed by atoms with Crippen molar-refractivity contribution in [1.82, 2.24) is 9.55 Å². The molecular formula is C21H19BrN2O2. The first-order valence-electron chi connectivity index (χ1n) is 8.33. The molecule has 5 heteroatoms. The minimum absolute atomic E-state index is 0.0886. The van der Waals surface area contributed by atoms with Gasteiger partial charge in [-0.2, -0.15) is 0 Å². The Balaban J connectivity index is 0.000000152. The fourth-order valence-electron chi connectivity index (χ4n) is 3.00. The highest BCUT2D eigenvalue weighted by atomic mass is 79.9. The van der Waals surface area contributed by atoms with Crippen LogP contribution in [-0.2, 0) is 6.42 Å². The number of aromatic amines is 1. The first-order valence-corrected chi connectivity index (χ1v) is 9.45. The molecule has 0 atom stereocenters. The molecule has 0 saturated heterocycles. The smallest absolute Gasteiger partial charge is 0.227 e. The molecule has 0 spiro atoms. The lowest BCUT2D eigenvalue weighted by Crippen LogP contribution is -2.02. The summed E-state index contributed by atoms with van der Waals surface area (Å²) in [4.78, 5) is 25.2. The minimum Gasteiger partial charge on any atom is -0.361 e. The molecule has 1 N–H and O–H groups in total. The summed E-state index contributed by atoms with van der Waals surface area (Å²) in [7, 11) is 0. The van der Waals surface area contributed by atoms with E-state index in [1.54, 1.807) is 6.20 Å². The summed E-state index contributed by atoms with van der Waals surface area (Å²) in [6, 6.07) is 15.7. The van der Waals surface area contributed by atoms with Crippen molar-refractivity contribution in [2.45, 2.75) is 13.3 Å². The van der Waals surface area contributed by atoms with Gasteiger partial charge in [0.25, 0.3) is 0 Å². The Labute approximate surface area is 160 Å². The summed E-state index contributed by atoms with van der Waals surface area (Å²) in [5.41, 5.74) is 3.95. The number of fused-ring (bicyclic) bond motifs is 2. The average molecular weight is 411 g/mol. The maximum atomic E-state index is 11.2. The first-order chi connectivity index (χ1) is 12.7. The molecular weight excluding hydrogens is 392 g/mol. The second-order valence-electron chi connectivity index (χ2n) is 5.91. The van der Waals surface area contributed by atoms with Crippen LogP contribution in [0.5, 0.6) is 0 Å². The second kappa shape index (κ2) is 8.15. The summed E-state index contributed by atoms with van der Waals surface area (Å²) in [5, 5.41) is 3.18. The number of hydrogen-bond acceptors (Lipinski definition) is 2. The van der Waals surface area contributed by atoms with Crippen LogP contribution in [0.1, 0.15) is 27.6 Å². The number of carbonyl (C=O) groups excluding carboxylic acids is 2. The molecule has 0 aliphatic carbocycles. The van der Waals surface area contributed by atoms with Crippen molar-refractivity contribution in [1.29, 1.82) is 0 Å². The van der Waals surface area contributed by atoms with Crippen LogP contribution in [0.15, 0.2) is 60.9 Å². The van der Waals surface area contributed by atoms with Gasteiger partial charge in [-0.3, -0.25) is 14.2 Å². The number of nitrogens with one attached hydrogen (secondary N) is 1. The van der Waals surface area contributed by atoms with Crippen molar-refractivity contribution < 1.29 is 9.59 Å². The highest BCUT2D eigenvalue weighted by Crippen LogP contribution is 2.19. The Bertz CT molecular complexity index is 1060. The zero-order valence-corrected chi connectivity index (χ0v) is 16.0.